The average molecular weight is 296 g/mol. The van der Waals surface area contributed by atoms with Gasteiger partial charge in [-0.15, -0.1) is 0 Å². The first-order valence-electron chi connectivity index (χ1n) is 7.86. The highest BCUT2D eigenvalue weighted by Gasteiger charge is 2.26. The maximum absolute atomic E-state index is 5.43. The van der Waals surface area contributed by atoms with Crippen molar-refractivity contribution in [2.75, 3.05) is 42.6 Å². The monoisotopic (exact) mass is 296 g/mol. The number of hydrogen-bond donors (Lipinski definition) is 0. The number of fused-ring (bicyclic) bond motifs is 1. The number of benzene rings is 1. The van der Waals surface area contributed by atoms with Gasteiger partial charge in [0.05, 0.1) is 13.2 Å². The van der Waals surface area contributed by atoms with Crippen LogP contribution in [0.15, 0.2) is 30.3 Å². The quantitative estimate of drug-likeness (QED) is 0.850. The Morgan fingerprint density at radius 1 is 1.00 bits per heavy atom. The topological polar surface area (TPSA) is 41.5 Å². The fourth-order valence-electron chi connectivity index (χ4n) is 3.18. The molecule has 2 aliphatic heterocycles. The Bertz CT molecular complexity index is 668. The van der Waals surface area contributed by atoms with Crippen LogP contribution in [0.4, 0.5) is 17.5 Å². The van der Waals surface area contributed by atoms with E-state index in [2.05, 4.69) is 41.0 Å². The van der Waals surface area contributed by atoms with Crippen molar-refractivity contribution < 1.29 is 4.74 Å². The highest BCUT2D eigenvalue weighted by Crippen LogP contribution is 2.35. The van der Waals surface area contributed by atoms with Crippen molar-refractivity contribution in [1.29, 1.82) is 0 Å². The van der Waals surface area contributed by atoms with Gasteiger partial charge in [-0.2, -0.15) is 4.98 Å². The van der Waals surface area contributed by atoms with Crippen LogP contribution in [0, 0.1) is 6.92 Å². The zero-order valence-corrected chi connectivity index (χ0v) is 12.8. The first-order chi connectivity index (χ1) is 10.8. The first kappa shape index (κ1) is 13.5. The lowest BCUT2D eigenvalue weighted by Gasteiger charge is -2.28. The van der Waals surface area contributed by atoms with Gasteiger partial charge in [0.25, 0.3) is 0 Å². The second-order valence-corrected chi connectivity index (χ2v) is 5.75. The summed E-state index contributed by atoms with van der Waals surface area (Å²) in [5.74, 6) is 1.91. The molecule has 0 unspecified atom stereocenters. The summed E-state index contributed by atoms with van der Waals surface area (Å²) in [4.78, 5) is 14.1. The summed E-state index contributed by atoms with van der Waals surface area (Å²) in [6.45, 7) is 6.30. The van der Waals surface area contributed by atoms with Crippen LogP contribution in [0.1, 0.15) is 11.3 Å². The molecule has 0 atom stereocenters. The fraction of sp³-hybridized carbons (Fsp3) is 0.412. The average Bonchev–Trinajstić information content (AvgIpc) is 3.01. The van der Waals surface area contributed by atoms with Crippen LogP contribution in [0.25, 0.3) is 0 Å². The van der Waals surface area contributed by atoms with Gasteiger partial charge in [-0.1, -0.05) is 18.2 Å². The molecule has 3 heterocycles. The minimum absolute atomic E-state index is 0.752. The van der Waals surface area contributed by atoms with Gasteiger partial charge in [-0.05, 0) is 25.5 Å². The molecule has 1 saturated heterocycles. The molecule has 0 aliphatic carbocycles. The van der Waals surface area contributed by atoms with Crippen molar-refractivity contribution in [1.82, 2.24) is 9.97 Å². The molecule has 1 fully saturated rings. The van der Waals surface area contributed by atoms with E-state index in [9.17, 15) is 0 Å². The predicted molar refractivity (Wildman–Crippen MR) is 87.0 cm³/mol. The van der Waals surface area contributed by atoms with Gasteiger partial charge in [0.1, 0.15) is 5.82 Å². The Morgan fingerprint density at radius 3 is 2.55 bits per heavy atom. The van der Waals surface area contributed by atoms with Gasteiger partial charge in [0.2, 0.25) is 5.95 Å². The van der Waals surface area contributed by atoms with Crippen LogP contribution in [0.2, 0.25) is 0 Å². The van der Waals surface area contributed by atoms with Crippen LogP contribution in [-0.4, -0.2) is 42.8 Å². The Hall–Kier alpha value is -2.14. The molecule has 4 rings (SSSR count). The number of nitrogens with zero attached hydrogens (tertiary/aromatic N) is 4. The standard InChI is InChI=1S/C17H20N4O/c1-13-15-7-8-21(14-5-3-2-4-6-14)16(15)19-17(18-13)20-9-11-22-12-10-20/h2-6H,7-12H2,1H3. The predicted octanol–water partition coefficient (Wildman–Crippen LogP) is 2.32. The van der Waals surface area contributed by atoms with Crippen molar-refractivity contribution in [2.24, 2.45) is 0 Å². The van der Waals surface area contributed by atoms with Gasteiger partial charge in [0.15, 0.2) is 0 Å². The summed E-state index contributed by atoms with van der Waals surface area (Å²) in [7, 11) is 0. The molecule has 0 saturated carbocycles. The molecule has 0 spiro atoms. The number of morpholine rings is 1. The number of rotatable bonds is 2. The van der Waals surface area contributed by atoms with E-state index in [4.69, 9.17) is 14.7 Å². The minimum atomic E-state index is 0.752. The highest BCUT2D eigenvalue weighted by atomic mass is 16.5. The second kappa shape index (κ2) is 5.57. The second-order valence-electron chi connectivity index (χ2n) is 5.75. The van der Waals surface area contributed by atoms with Crippen LogP contribution in [-0.2, 0) is 11.2 Å². The third-order valence-electron chi connectivity index (χ3n) is 4.38. The van der Waals surface area contributed by atoms with E-state index in [-0.39, 0.29) is 0 Å². The van der Waals surface area contributed by atoms with E-state index in [0.717, 1.165) is 56.7 Å². The molecular formula is C17H20N4O. The number of para-hydroxylation sites is 1. The zero-order chi connectivity index (χ0) is 14.9. The van der Waals surface area contributed by atoms with Crippen molar-refractivity contribution in [3.63, 3.8) is 0 Å². The molecule has 1 aromatic heterocycles. The maximum Gasteiger partial charge on any atom is 0.227 e. The van der Waals surface area contributed by atoms with E-state index >= 15 is 0 Å². The largest absolute Gasteiger partial charge is 0.378 e. The van der Waals surface area contributed by atoms with Gasteiger partial charge in [0, 0.05) is 36.6 Å². The molecule has 5 nitrogen and oxygen atoms in total. The van der Waals surface area contributed by atoms with Crippen LogP contribution in [0.3, 0.4) is 0 Å². The zero-order valence-electron chi connectivity index (χ0n) is 12.8. The Labute approximate surface area is 130 Å². The molecule has 0 N–H and O–H groups in total. The molecule has 2 aromatic rings. The molecular weight excluding hydrogens is 276 g/mol. The summed E-state index contributed by atoms with van der Waals surface area (Å²) in [6, 6.07) is 10.5. The number of aromatic nitrogens is 2. The molecule has 2 aliphatic rings. The number of hydrogen-bond acceptors (Lipinski definition) is 5. The van der Waals surface area contributed by atoms with Gasteiger partial charge in [-0.25, -0.2) is 4.98 Å². The Kier molecular flexibility index (Phi) is 3.42. The molecule has 0 bridgehead atoms. The Balaban J connectivity index is 1.73. The number of ether oxygens (including phenoxy) is 1. The summed E-state index contributed by atoms with van der Waals surface area (Å²) in [5, 5.41) is 0. The van der Waals surface area contributed by atoms with E-state index < -0.39 is 0 Å². The summed E-state index contributed by atoms with van der Waals surface area (Å²) < 4.78 is 5.43. The fourth-order valence-corrected chi connectivity index (χ4v) is 3.18. The van der Waals surface area contributed by atoms with Crippen molar-refractivity contribution >= 4 is 17.5 Å². The highest BCUT2D eigenvalue weighted by molar-refractivity contribution is 5.68. The molecule has 114 valence electrons. The summed E-state index contributed by atoms with van der Waals surface area (Å²) in [6.07, 6.45) is 1.01. The molecule has 1 aromatic carbocycles. The van der Waals surface area contributed by atoms with Gasteiger partial charge < -0.3 is 14.5 Å². The van der Waals surface area contributed by atoms with Gasteiger partial charge in [-0.3, -0.25) is 0 Å². The normalized spacial score (nSPS) is 17.7. The number of aryl methyl sites for hydroxylation is 1. The van der Waals surface area contributed by atoms with Crippen molar-refractivity contribution in [2.45, 2.75) is 13.3 Å². The molecule has 5 heteroatoms. The van der Waals surface area contributed by atoms with E-state index in [1.165, 1.54) is 11.3 Å². The molecule has 22 heavy (non-hydrogen) atoms. The first-order valence-corrected chi connectivity index (χ1v) is 7.86. The van der Waals surface area contributed by atoms with E-state index in [0.29, 0.717) is 0 Å². The SMILES string of the molecule is Cc1nc(N2CCOCC2)nc2c1CCN2c1ccccc1. The van der Waals surface area contributed by atoms with E-state index in [1.807, 2.05) is 6.07 Å². The lowest BCUT2D eigenvalue weighted by molar-refractivity contribution is 0.122. The van der Waals surface area contributed by atoms with Gasteiger partial charge >= 0.3 is 0 Å². The molecule has 0 amide bonds. The lowest BCUT2D eigenvalue weighted by atomic mass is 10.2. The Morgan fingerprint density at radius 2 is 1.77 bits per heavy atom. The van der Waals surface area contributed by atoms with Crippen molar-refractivity contribution in [3.05, 3.63) is 41.6 Å². The third-order valence-corrected chi connectivity index (χ3v) is 4.38. The van der Waals surface area contributed by atoms with Crippen LogP contribution >= 0.6 is 0 Å². The maximum atomic E-state index is 5.43. The lowest BCUT2D eigenvalue weighted by Crippen LogP contribution is -2.37. The van der Waals surface area contributed by atoms with Crippen LogP contribution in [0.5, 0.6) is 0 Å². The van der Waals surface area contributed by atoms with E-state index in [1.54, 1.807) is 0 Å². The smallest absolute Gasteiger partial charge is 0.227 e. The molecule has 0 radical (unpaired) electrons. The number of anilines is 3. The summed E-state index contributed by atoms with van der Waals surface area (Å²) in [5.41, 5.74) is 3.58. The summed E-state index contributed by atoms with van der Waals surface area (Å²) >= 11 is 0. The third kappa shape index (κ3) is 2.31. The van der Waals surface area contributed by atoms with Crippen LogP contribution < -0.4 is 9.80 Å². The minimum Gasteiger partial charge on any atom is -0.378 e. The van der Waals surface area contributed by atoms with Crippen molar-refractivity contribution in [3.8, 4) is 0 Å².